The molecule has 2 rings (SSSR count). The summed E-state index contributed by atoms with van der Waals surface area (Å²) in [5, 5.41) is 3.35. The maximum atomic E-state index is 5.75. The van der Waals surface area contributed by atoms with E-state index in [4.69, 9.17) is 4.74 Å². The lowest BCUT2D eigenvalue weighted by atomic mass is 9.96. The summed E-state index contributed by atoms with van der Waals surface area (Å²) in [5.41, 5.74) is 1.44. The summed E-state index contributed by atoms with van der Waals surface area (Å²) in [6.45, 7) is 10.3. The fourth-order valence-corrected chi connectivity index (χ4v) is 2.00. The molecule has 1 aliphatic rings. The smallest absolute Gasteiger partial charge is 0.111 e. The van der Waals surface area contributed by atoms with Crippen molar-refractivity contribution < 1.29 is 4.74 Å². The molecule has 1 aromatic rings. The maximum absolute atomic E-state index is 5.75. The monoisotopic (exact) mass is 223 g/mol. The average Bonchev–Trinajstić information content (AvgIpc) is 2.64. The predicted octanol–water partition coefficient (Wildman–Crippen LogP) is 1.59. The molecule has 1 N–H and O–H groups in total. The van der Waals surface area contributed by atoms with Crippen LogP contribution in [0, 0.1) is 5.41 Å². The van der Waals surface area contributed by atoms with Crippen LogP contribution >= 0.6 is 0 Å². The summed E-state index contributed by atoms with van der Waals surface area (Å²) < 4.78 is 7.96. The first kappa shape index (κ1) is 11.6. The van der Waals surface area contributed by atoms with Crippen LogP contribution in [-0.4, -0.2) is 29.2 Å². The Labute approximate surface area is 97.0 Å². The van der Waals surface area contributed by atoms with Gasteiger partial charge in [-0.1, -0.05) is 20.8 Å². The van der Waals surface area contributed by atoms with Crippen LogP contribution in [0.15, 0.2) is 12.5 Å². The van der Waals surface area contributed by atoms with E-state index in [1.807, 2.05) is 12.5 Å². The summed E-state index contributed by atoms with van der Waals surface area (Å²) in [4.78, 5) is 4.24. The van der Waals surface area contributed by atoms with Gasteiger partial charge in [-0.3, -0.25) is 0 Å². The lowest BCUT2D eigenvalue weighted by Crippen LogP contribution is -2.34. The summed E-state index contributed by atoms with van der Waals surface area (Å²) in [5.74, 6) is 0. The van der Waals surface area contributed by atoms with Gasteiger partial charge in [0.2, 0.25) is 0 Å². The molecular formula is C12H21N3O. The zero-order valence-electron chi connectivity index (χ0n) is 10.4. The van der Waals surface area contributed by atoms with Gasteiger partial charge >= 0.3 is 0 Å². The Bertz CT molecular complexity index is 334. The standard InChI is InChI=1S/C12H21N3O/c1-12(2,3)8-15-9-14-6-10(15)11-7-13-4-5-16-11/h6,9,11,13H,4-5,7-8H2,1-3H3. The molecule has 0 aromatic carbocycles. The van der Waals surface area contributed by atoms with Gasteiger partial charge in [-0.25, -0.2) is 4.98 Å². The largest absolute Gasteiger partial charge is 0.369 e. The highest BCUT2D eigenvalue weighted by atomic mass is 16.5. The van der Waals surface area contributed by atoms with Gasteiger partial charge in [-0.15, -0.1) is 0 Å². The molecule has 1 aliphatic heterocycles. The molecule has 0 spiro atoms. The van der Waals surface area contributed by atoms with Crippen LogP contribution in [0.5, 0.6) is 0 Å². The molecular weight excluding hydrogens is 202 g/mol. The molecule has 1 fully saturated rings. The van der Waals surface area contributed by atoms with E-state index in [1.165, 1.54) is 5.69 Å². The highest BCUT2D eigenvalue weighted by molar-refractivity contribution is 5.05. The van der Waals surface area contributed by atoms with Crippen LogP contribution in [0.4, 0.5) is 0 Å². The van der Waals surface area contributed by atoms with Crippen LogP contribution < -0.4 is 5.32 Å². The fourth-order valence-electron chi connectivity index (χ4n) is 2.00. The number of nitrogens with one attached hydrogen (secondary N) is 1. The van der Waals surface area contributed by atoms with Crippen LogP contribution in [0.3, 0.4) is 0 Å². The minimum atomic E-state index is 0.151. The minimum Gasteiger partial charge on any atom is -0.369 e. The van der Waals surface area contributed by atoms with Crippen molar-refractivity contribution in [2.75, 3.05) is 19.7 Å². The first-order valence-electron chi connectivity index (χ1n) is 5.89. The van der Waals surface area contributed by atoms with E-state index in [-0.39, 0.29) is 11.5 Å². The van der Waals surface area contributed by atoms with Crippen molar-refractivity contribution in [3.8, 4) is 0 Å². The van der Waals surface area contributed by atoms with E-state index in [9.17, 15) is 0 Å². The van der Waals surface area contributed by atoms with Crippen molar-refractivity contribution in [3.63, 3.8) is 0 Å². The third kappa shape index (κ3) is 2.83. The number of imidazole rings is 1. The molecule has 0 amide bonds. The lowest BCUT2D eigenvalue weighted by molar-refractivity contribution is 0.0219. The number of hydrogen-bond acceptors (Lipinski definition) is 3. The van der Waals surface area contributed by atoms with Crippen LogP contribution in [-0.2, 0) is 11.3 Å². The van der Waals surface area contributed by atoms with E-state index in [0.29, 0.717) is 0 Å². The summed E-state index contributed by atoms with van der Waals surface area (Å²) in [6, 6.07) is 0. The predicted molar refractivity (Wildman–Crippen MR) is 63.2 cm³/mol. The number of rotatable bonds is 2. The van der Waals surface area contributed by atoms with Crippen molar-refractivity contribution in [1.29, 1.82) is 0 Å². The van der Waals surface area contributed by atoms with Gasteiger partial charge in [-0.05, 0) is 5.41 Å². The molecule has 1 saturated heterocycles. The number of aromatic nitrogens is 2. The van der Waals surface area contributed by atoms with Crippen molar-refractivity contribution in [2.45, 2.75) is 33.4 Å². The Kier molecular flexibility index (Phi) is 3.30. The topological polar surface area (TPSA) is 39.1 Å². The first-order chi connectivity index (χ1) is 7.56. The quantitative estimate of drug-likeness (QED) is 0.827. The molecule has 4 heteroatoms. The highest BCUT2D eigenvalue weighted by Gasteiger charge is 2.21. The van der Waals surface area contributed by atoms with Crippen LogP contribution in [0.25, 0.3) is 0 Å². The van der Waals surface area contributed by atoms with E-state index in [0.717, 1.165) is 26.2 Å². The van der Waals surface area contributed by atoms with Gasteiger partial charge < -0.3 is 14.6 Å². The molecule has 0 saturated carbocycles. The summed E-state index contributed by atoms with van der Waals surface area (Å²) in [7, 11) is 0. The first-order valence-corrected chi connectivity index (χ1v) is 5.89. The number of ether oxygens (including phenoxy) is 1. The lowest BCUT2D eigenvalue weighted by Gasteiger charge is -2.27. The van der Waals surface area contributed by atoms with Crippen molar-refractivity contribution >= 4 is 0 Å². The second kappa shape index (κ2) is 4.55. The molecule has 4 nitrogen and oxygen atoms in total. The molecule has 1 unspecified atom stereocenters. The van der Waals surface area contributed by atoms with Gasteiger partial charge in [0, 0.05) is 19.6 Å². The van der Waals surface area contributed by atoms with E-state index in [2.05, 4.69) is 35.6 Å². The Morgan fingerprint density at radius 2 is 2.38 bits per heavy atom. The molecule has 1 atom stereocenters. The number of morpholine rings is 1. The van der Waals surface area contributed by atoms with Crippen molar-refractivity contribution in [1.82, 2.24) is 14.9 Å². The Hall–Kier alpha value is -0.870. The zero-order valence-corrected chi connectivity index (χ0v) is 10.4. The molecule has 0 bridgehead atoms. The zero-order chi connectivity index (χ0) is 11.6. The van der Waals surface area contributed by atoms with Gasteiger partial charge in [0.05, 0.1) is 24.8 Å². The number of hydrogen-bond donors (Lipinski definition) is 1. The third-order valence-electron chi connectivity index (χ3n) is 2.65. The second-order valence-corrected chi connectivity index (χ2v) is 5.57. The molecule has 90 valence electrons. The molecule has 1 aromatic heterocycles. The molecule has 2 heterocycles. The van der Waals surface area contributed by atoms with Gasteiger partial charge in [0.15, 0.2) is 0 Å². The van der Waals surface area contributed by atoms with Crippen LogP contribution in [0.1, 0.15) is 32.6 Å². The van der Waals surface area contributed by atoms with Crippen molar-refractivity contribution in [3.05, 3.63) is 18.2 Å². The minimum absolute atomic E-state index is 0.151. The average molecular weight is 223 g/mol. The second-order valence-electron chi connectivity index (χ2n) is 5.57. The summed E-state index contributed by atoms with van der Waals surface area (Å²) >= 11 is 0. The van der Waals surface area contributed by atoms with Gasteiger partial charge in [0.25, 0.3) is 0 Å². The van der Waals surface area contributed by atoms with Gasteiger partial charge in [-0.2, -0.15) is 0 Å². The van der Waals surface area contributed by atoms with Crippen molar-refractivity contribution in [2.24, 2.45) is 5.41 Å². The fraction of sp³-hybridized carbons (Fsp3) is 0.750. The molecule has 16 heavy (non-hydrogen) atoms. The normalized spacial score (nSPS) is 22.3. The van der Waals surface area contributed by atoms with Gasteiger partial charge in [0.1, 0.15) is 6.10 Å². The summed E-state index contributed by atoms with van der Waals surface area (Å²) in [6.07, 6.45) is 3.97. The number of nitrogens with zero attached hydrogens (tertiary/aromatic N) is 2. The molecule has 0 radical (unpaired) electrons. The SMILES string of the molecule is CC(C)(C)Cn1cncc1C1CNCCO1. The Balaban J connectivity index is 2.11. The maximum Gasteiger partial charge on any atom is 0.111 e. The van der Waals surface area contributed by atoms with E-state index < -0.39 is 0 Å². The highest BCUT2D eigenvalue weighted by Crippen LogP contribution is 2.23. The molecule has 0 aliphatic carbocycles. The van der Waals surface area contributed by atoms with Crippen LogP contribution in [0.2, 0.25) is 0 Å². The van der Waals surface area contributed by atoms with E-state index in [1.54, 1.807) is 0 Å². The Morgan fingerprint density at radius 3 is 3.00 bits per heavy atom. The third-order valence-corrected chi connectivity index (χ3v) is 2.65. The Morgan fingerprint density at radius 1 is 1.56 bits per heavy atom. The van der Waals surface area contributed by atoms with E-state index >= 15 is 0 Å².